The summed E-state index contributed by atoms with van der Waals surface area (Å²) in [6.45, 7) is 2.47. The van der Waals surface area contributed by atoms with Gasteiger partial charge in [-0.2, -0.15) is 9.97 Å². The van der Waals surface area contributed by atoms with E-state index in [9.17, 15) is 4.39 Å². The molecule has 4 aromatic rings. The van der Waals surface area contributed by atoms with Gasteiger partial charge < -0.3 is 25.7 Å². The van der Waals surface area contributed by atoms with Gasteiger partial charge in [0.1, 0.15) is 23.1 Å². The van der Waals surface area contributed by atoms with Gasteiger partial charge in [-0.25, -0.2) is 14.4 Å². The Morgan fingerprint density at radius 1 is 1.18 bits per heavy atom. The van der Waals surface area contributed by atoms with Crippen molar-refractivity contribution >= 4 is 33.4 Å². The fourth-order valence-corrected chi connectivity index (χ4v) is 5.50. The zero-order valence-corrected chi connectivity index (χ0v) is 18.8. The minimum Gasteiger partial charge on any atom is -0.421 e. The number of H-pyrrole nitrogens is 1. The number of benzene rings is 1. The van der Waals surface area contributed by atoms with Crippen LogP contribution in [0.4, 0.5) is 15.9 Å². The Labute approximate surface area is 195 Å². The van der Waals surface area contributed by atoms with E-state index in [2.05, 4.69) is 30.2 Å². The summed E-state index contributed by atoms with van der Waals surface area (Å²) in [5.74, 6) is 3.99. The summed E-state index contributed by atoms with van der Waals surface area (Å²) in [6, 6.07) is 3.21. The maximum absolute atomic E-state index is 14.5. The van der Waals surface area contributed by atoms with Crippen molar-refractivity contribution in [3.63, 3.8) is 0 Å². The molecule has 2 atom stereocenters. The molecule has 2 aliphatic carbocycles. The van der Waals surface area contributed by atoms with E-state index in [1.165, 1.54) is 12.1 Å². The van der Waals surface area contributed by atoms with Gasteiger partial charge in [0, 0.05) is 31.4 Å². The Bertz CT molecular complexity index is 1400. The maximum atomic E-state index is 14.5. The SMILES string of the molecule is CNc1cc(F)cc2c1[nH]c1nc(Oc3cnc(C4CC4)nc3)nc(N3CC4C(CN)C4C3)c12. The smallest absolute Gasteiger partial charge is 0.326 e. The first-order valence-corrected chi connectivity index (χ1v) is 11.8. The van der Waals surface area contributed by atoms with Gasteiger partial charge in [-0.05, 0) is 49.3 Å². The monoisotopic (exact) mass is 460 g/mol. The molecule has 9 nitrogen and oxygen atoms in total. The molecule has 7 rings (SSSR count). The highest BCUT2D eigenvalue weighted by Gasteiger charge is 2.55. The summed E-state index contributed by atoms with van der Waals surface area (Å²) in [5.41, 5.74) is 7.97. The number of ether oxygens (including phenoxy) is 1. The molecular weight excluding hydrogens is 435 g/mol. The van der Waals surface area contributed by atoms with Crippen molar-refractivity contribution in [2.75, 3.05) is 36.9 Å². The molecule has 174 valence electrons. The summed E-state index contributed by atoms with van der Waals surface area (Å²) < 4.78 is 20.5. The Balaban J connectivity index is 1.33. The third kappa shape index (κ3) is 3.08. The highest BCUT2D eigenvalue weighted by Crippen LogP contribution is 2.52. The van der Waals surface area contributed by atoms with E-state index in [1.54, 1.807) is 19.4 Å². The third-order valence-electron chi connectivity index (χ3n) is 7.50. The zero-order valence-electron chi connectivity index (χ0n) is 18.8. The van der Waals surface area contributed by atoms with Gasteiger partial charge in [0.05, 0.1) is 29.0 Å². The molecule has 1 saturated heterocycles. The van der Waals surface area contributed by atoms with E-state index in [0.717, 1.165) is 60.4 Å². The van der Waals surface area contributed by atoms with E-state index in [1.807, 2.05) is 0 Å². The molecule has 3 fully saturated rings. The molecule has 2 saturated carbocycles. The van der Waals surface area contributed by atoms with Gasteiger partial charge >= 0.3 is 6.01 Å². The Kier molecular flexibility index (Phi) is 4.23. The Morgan fingerprint density at radius 3 is 2.62 bits per heavy atom. The first kappa shape index (κ1) is 19.9. The molecule has 0 spiro atoms. The van der Waals surface area contributed by atoms with Gasteiger partial charge in [0.25, 0.3) is 0 Å². The lowest BCUT2D eigenvalue weighted by Crippen LogP contribution is -2.27. The molecule has 4 heterocycles. The first-order chi connectivity index (χ1) is 16.6. The normalized spacial score (nSPS) is 23.5. The van der Waals surface area contributed by atoms with Crippen LogP contribution in [0.3, 0.4) is 0 Å². The van der Waals surface area contributed by atoms with Crippen molar-refractivity contribution in [1.82, 2.24) is 24.9 Å². The summed E-state index contributed by atoms with van der Waals surface area (Å²) in [6.07, 6.45) is 5.62. The second-order valence-corrected chi connectivity index (χ2v) is 9.59. The number of piperidine rings is 1. The third-order valence-corrected chi connectivity index (χ3v) is 7.50. The predicted octanol–water partition coefficient (Wildman–Crippen LogP) is 3.39. The molecule has 0 bridgehead atoms. The summed E-state index contributed by atoms with van der Waals surface area (Å²) in [5, 5.41) is 4.61. The number of aromatic amines is 1. The average Bonchev–Trinajstić information content (AvgIpc) is 3.73. The van der Waals surface area contributed by atoms with Crippen LogP contribution in [0.15, 0.2) is 24.5 Å². The summed E-state index contributed by atoms with van der Waals surface area (Å²) in [7, 11) is 1.77. The maximum Gasteiger partial charge on any atom is 0.326 e. The van der Waals surface area contributed by atoms with Crippen LogP contribution in [0.5, 0.6) is 11.8 Å². The quantitative estimate of drug-likeness (QED) is 0.401. The molecule has 4 N–H and O–H groups in total. The molecule has 0 amide bonds. The molecular formula is C24H25FN8O. The number of nitrogens with one attached hydrogen (secondary N) is 2. The van der Waals surface area contributed by atoms with Crippen LogP contribution in [0, 0.1) is 23.6 Å². The van der Waals surface area contributed by atoms with Gasteiger partial charge in [0.2, 0.25) is 0 Å². The van der Waals surface area contributed by atoms with Crippen molar-refractivity contribution in [2.24, 2.45) is 23.5 Å². The zero-order chi connectivity index (χ0) is 23.0. The standard InChI is InChI=1S/C24H25FN8O/c1-27-18-5-12(25)4-14-19-22(30-20(14)18)31-24(34-13-7-28-21(29-8-13)11-2-3-11)32-23(19)33-9-16-15(6-26)17(16)10-33/h4-5,7-8,11,15-17,27H,2-3,6,9-10,26H2,1H3,(H,30,31,32). The molecule has 34 heavy (non-hydrogen) atoms. The number of anilines is 2. The number of halogens is 1. The van der Waals surface area contributed by atoms with Crippen LogP contribution in [0.2, 0.25) is 0 Å². The number of aromatic nitrogens is 5. The molecule has 3 aliphatic rings. The van der Waals surface area contributed by atoms with E-state index < -0.39 is 0 Å². The van der Waals surface area contributed by atoms with Gasteiger partial charge in [0.15, 0.2) is 5.75 Å². The van der Waals surface area contributed by atoms with E-state index in [-0.39, 0.29) is 11.8 Å². The van der Waals surface area contributed by atoms with Crippen LogP contribution in [0.25, 0.3) is 21.9 Å². The van der Waals surface area contributed by atoms with E-state index in [4.69, 9.17) is 15.5 Å². The van der Waals surface area contributed by atoms with Gasteiger partial charge in [-0.15, -0.1) is 0 Å². The van der Waals surface area contributed by atoms with E-state index >= 15 is 0 Å². The number of rotatable bonds is 6. The minimum atomic E-state index is -0.315. The number of nitrogens with zero attached hydrogens (tertiary/aromatic N) is 5. The van der Waals surface area contributed by atoms with Crippen molar-refractivity contribution in [2.45, 2.75) is 18.8 Å². The summed E-state index contributed by atoms with van der Waals surface area (Å²) in [4.78, 5) is 23.9. The lowest BCUT2D eigenvalue weighted by atomic mass is 10.1. The fourth-order valence-electron chi connectivity index (χ4n) is 5.50. The molecule has 1 aliphatic heterocycles. The number of fused-ring (bicyclic) bond motifs is 4. The van der Waals surface area contributed by atoms with Crippen LogP contribution in [-0.4, -0.2) is 51.6 Å². The lowest BCUT2D eigenvalue weighted by Gasteiger charge is -2.22. The molecule has 2 unspecified atom stereocenters. The fraction of sp³-hybridized carbons (Fsp3) is 0.417. The van der Waals surface area contributed by atoms with Crippen molar-refractivity contribution in [3.8, 4) is 11.8 Å². The van der Waals surface area contributed by atoms with Crippen LogP contribution in [0.1, 0.15) is 24.6 Å². The molecule has 0 radical (unpaired) electrons. The first-order valence-electron chi connectivity index (χ1n) is 11.8. The molecule has 3 aromatic heterocycles. The lowest BCUT2D eigenvalue weighted by molar-refractivity contribution is 0.438. The Morgan fingerprint density at radius 2 is 1.94 bits per heavy atom. The topological polar surface area (TPSA) is 118 Å². The van der Waals surface area contributed by atoms with Gasteiger partial charge in [-0.1, -0.05) is 0 Å². The van der Waals surface area contributed by atoms with Gasteiger partial charge in [-0.3, -0.25) is 0 Å². The largest absolute Gasteiger partial charge is 0.421 e. The summed E-state index contributed by atoms with van der Waals surface area (Å²) >= 11 is 0. The second kappa shape index (κ2) is 7.23. The van der Waals surface area contributed by atoms with Crippen LogP contribution in [-0.2, 0) is 0 Å². The number of hydrogen-bond donors (Lipinski definition) is 3. The van der Waals surface area contributed by atoms with Crippen LogP contribution >= 0.6 is 0 Å². The Hall–Kier alpha value is -3.53. The van der Waals surface area contributed by atoms with Crippen molar-refractivity contribution in [1.29, 1.82) is 0 Å². The second-order valence-electron chi connectivity index (χ2n) is 9.59. The average molecular weight is 461 g/mol. The minimum absolute atomic E-state index is 0.208. The predicted molar refractivity (Wildman–Crippen MR) is 127 cm³/mol. The molecule has 1 aromatic carbocycles. The highest BCUT2D eigenvalue weighted by molar-refractivity contribution is 6.14. The van der Waals surface area contributed by atoms with Crippen LogP contribution < -0.4 is 20.7 Å². The van der Waals surface area contributed by atoms with E-state index in [0.29, 0.717) is 40.8 Å². The molecule has 10 heteroatoms. The number of hydrogen-bond acceptors (Lipinski definition) is 8. The number of nitrogens with two attached hydrogens (primary N) is 1. The van der Waals surface area contributed by atoms with Crippen molar-refractivity contribution < 1.29 is 9.13 Å². The highest BCUT2D eigenvalue weighted by atomic mass is 19.1. The van der Waals surface area contributed by atoms with Crippen molar-refractivity contribution in [3.05, 3.63) is 36.2 Å².